The van der Waals surface area contributed by atoms with Crippen molar-refractivity contribution in [3.63, 3.8) is 0 Å². The van der Waals surface area contributed by atoms with Gasteiger partial charge in [0.15, 0.2) is 0 Å². The summed E-state index contributed by atoms with van der Waals surface area (Å²) in [6, 6.07) is 14.6. The molecule has 5 rings (SSSR count). The average molecular weight is 567 g/mol. The lowest BCUT2D eigenvalue weighted by molar-refractivity contribution is 0.0709. The second-order valence-electron chi connectivity index (χ2n) is 11.0. The van der Waals surface area contributed by atoms with Crippen LogP contribution in [0.4, 0.5) is 16.2 Å². The van der Waals surface area contributed by atoms with Crippen molar-refractivity contribution in [2.45, 2.75) is 50.6 Å². The number of hydrogen-bond donors (Lipinski definition) is 2. The van der Waals surface area contributed by atoms with Crippen LogP contribution in [0.3, 0.4) is 0 Å². The Balaban J connectivity index is 1.28. The van der Waals surface area contributed by atoms with E-state index in [0.717, 1.165) is 43.5 Å². The first-order valence-electron chi connectivity index (χ1n) is 13.2. The van der Waals surface area contributed by atoms with Gasteiger partial charge >= 0.3 is 6.03 Å². The van der Waals surface area contributed by atoms with Crippen molar-refractivity contribution in [2.75, 3.05) is 30.4 Å². The topological polar surface area (TPSA) is 77.6 Å². The van der Waals surface area contributed by atoms with Gasteiger partial charge in [0.1, 0.15) is 0 Å². The van der Waals surface area contributed by atoms with E-state index in [1.165, 1.54) is 5.69 Å². The smallest absolute Gasteiger partial charge is 0.319 e. The van der Waals surface area contributed by atoms with Crippen LogP contribution < -0.4 is 15.5 Å². The molecule has 1 aliphatic heterocycles. The molecule has 3 amide bonds. The number of anilines is 2. The van der Waals surface area contributed by atoms with Gasteiger partial charge in [-0.15, -0.1) is 0 Å². The molecule has 0 spiro atoms. The second-order valence-corrected chi connectivity index (χ2v) is 11.8. The predicted octanol–water partition coefficient (Wildman–Crippen LogP) is 6.67. The summed E-state index contributed by atoms with van der Waals surface area (Å²) >= 11 is 12.3. The normalized spacial score (nSPS) is 18.4. The quantitative estimate of drug-likeness (QED) is 0.362. The standard InChI is InChI=1S/C30H33Cl2N5O2/c1-30(2)18-26(35-29(39)34-25-6-4-5-24(31)27(25)32)22-17-19(7-8-23(22)30)28(38)36(3)20-11-15-37(16-12-20)21-9-13-33-14-10-21/h4-10,13-14,17,20,26H,11-12,15-16,18H2,1-3H3,(H2,34,35,39). The number of benzene rings is 2. The second kappa shape index (κ2) is 11.1. The lowest BCUT2D eigenvalue weighted by atomic mass is 9.86. The number of piperidine rings is 1. The van der Waals surface area contributed by atoms with Gasteiger partial charge in [-0.1, -0.05) is 49.2 Å². The zero-order valence-electron chi connectivity index (χ0n) is 22.4. The van der Waals surface area contributed by atoms with Gasteiger partial charge in [-0.3, -0.25) is 9.78 Å². The Morgan fingerprint density at radius 2 is 1.77 bits per heavy atom. The minimum Gasteiger partial charge on any atom is -0.371 e. The zero-order valence-corrected chi connectivity index (χ0v) is 23.9. The third kappa shape index (κ3) is 5.70. The van der Waals surface area contributed by atoms with Gasteiger partial charge < -0.3 is 20.4 Å². The van der Waals surface area contributed by atoms with Gasteiger partial charge in [-0.2, -0.15) is 0 Å². The van der Waals surface area contributed by atoms with E-state index in [1.807, 2.05) is 54.7 Å². The first kappa shape index (κ1) is 27.3. The lowest BCUT2D eigenvalue weighted by Gasteiger charge is -2.38. The molecule has 2 aromatic carbocycles. The van der Waals surface area contributed by atoms with Crippen molar-refractivity contribution in [1.29, 1.82) is 0 Å². The number of hydrogen-bond acceptors (Lipinski definition) is 4. The molecule has 2 heterocycles. The number of halogens is 2. The van der Waals surface area contributed by atoms with E-state index in [-0.39, 0.29) is 29.4 Å². The highest BCUT2D eigenvalue weighted by Crippen LogP contribution is 2.45. The van der Waals surface area contributed by atoms with Crippen molar-refractivity contribution < 1.29 is 9.59 Å². The van der Waals surface area contributed by atoms with E-state index in [2.05, 4.69) is 34.4 Å². The van der Waals surface area contributed by atoms with Crippen LogP contribution in [0.25, 0.3) is 0 Å². The minimum absolute atomic E-state index is 0.00113. The fourth-order valence-corrected chi connectivity index (χ4v) is 6.16. The van der Waals surface area contributed by atoms with Crippen LogP contribution in [0.5, 0.6) is 0 Å². The number of carbonyl (C=O) groups excluding carboxylic acids is 2. The molecular formula is C30H33Cl2N5O2. The highest BCUT2D eigenvalue weighted by molar-refractivity contribution is 6.43. The third-order valence-corrected chi connectivity index (χ3v) is 8.80. The highest BCUT2D eigenvalue weighted by atomic mass is 35.5. The summed E-state index contributed by atoms with van der Waals surface area (Å²) in [7, 11) is 1.89. The van der Waals surface area contributed by atoms with Gasteiger partial charge in [0.2, 0.25) is 0 Å². The van der Waals surface area contributed by atoms with E-state index in [4.69, 9.17) is 23.2 Å². The van der Waals surface area contributed by atoms with E-state index in [0.29, 0.717) is 21.3 Å². The molecule has 0 radical (unpaired) electrons. The zero-order chi connectivity index (χ0) is 27.7. The summed E-state index contributed by atoms with van der Waals surface area (Å²) in [5, 5.41) is 6.55. The SMILES string of the molecule is CN(C(=O)c1ccc2c(c1)C(NC(=O)Nc1cccc(Cl)c1Cl)CC2(C)C)C1CCN(c2ccncc2)CC1. The molecule has 7 nitrogen and oxygen atoms in total. The van der Waals surface area contributed by atoms with Crippen LogP contribution in [0, 0.1) is 0 Å². The molecule has 204 valence electrons. The van der Waals surface area contributed by atoms with E-state index in [9.17, 15) is 9.59 Å². The van der Waals surface area contributed by atoms with Gasteiger partial charge in [0.05, 0.1) is 21.8 Å². The number of carbonyl (C=O) groups is 2. The lowest BCUT2D eigenvalue weighted by Crippen LogP contribution is -2.45. The van der Waals surface area contributed by atoms with E-state index in [1.54, 1.807) is 18.2 Å². The molecule has 0 saturated carbocycles. The fraction of sp³-hybridized carbons (Fsp3) is 0.367. The van der Waals surface area contributed by atoms with Crippen LogP contribution in [0.1, 0.15) is 60.6 Å². The van der Waals surface area contributed by atoms with Gasteiger partial charge in [0, 0.05) is 49.8 Å². The molecule has 2 aliphatic rings. The first-order chi connectivity index (χ1) is 18.6. The molecule has 2 N–H and O–H groups in total. The van der Waals surface area contributed by atoms with Gasteiger partial charge in [0.25, 0.3) is 5.91 Å². The number of nitrogens with zero attached hydrogens (tertiary/aromatic N) is 3. The number of pyridine rings is 1. The highest BCUT2D eigenvalue weighted by Gasteiger charge is 2.38. The first-order valence-corrected chi connectivity index (χ1v) is 14.0. The Morgan fingerprint density at radius 3 is 2.49 bits per heavy atom. The number of urea groups is 1. The molecule has 1 aromatic heterocycles. The Labute approximate surface area is 239 Å². The molecule has 1 aliphatic carbocycles. The maximum absolute atomic E-state index is 13.6. The van der Waals surface area contributed by atoms with E-state index < -0.39 is 0 Å². The Morgan fingerprint density at radius 1 is 1.05 bits per heavy atom. The van der Waals surface area contributed by atoms with Crippen LogP contribution in [0.2, 0.25) is 10.0 Å². The summed E-state index contributed by atoms with van der Waals surface area (Å²) in [4.78, 5) is 34.8. The monoisotopic (exact) mass is 565 g/mol. The molecular weight excluding hydrogens is 533 g/mol. The summed E-state index contributed by atoms with van der Waals surface area (Å²) in [6.45, 7) is 6.09. The van der Waals surface area contributed by atoms with Crippen LogP contribution in [0.15, 0.2) is 60.9 Å². The largest absolute Gasteiger partial charge is 0.371 e. The molecule has 1 atom stereocenters. The Bertz CT molecular complexity index is 1370. The van der Waals surface area contributed by atoms with E-state index >= 15 is 0 Å². The number of aromatic nitrogens is 1. The maximum Gasteiger partial charge on any atom is 0.319 e. The average Bonchev–Trinajstić information content (AvgIpc) is 3.19. The van der Waals surface area contributed by atoms with Crippen molar-refractivity contribution in [1.82, 2.24) is 15.2 Å². The number of nitrogens with one attached hydrogen (secondary N) is 2. The molecule has 39 heavy (non-hydrogen) atoms. The third-order valence-electron chi connectivity index (χ3n) is 7.98. The number of amides is 3. The van der Waals surface area contributed by atoms with Crippen LogP contribution >= 0.6 is 23.2 Å². The van der Waals surface area contributed by atoms with Crippen molar-refractivity contribution in [3.05, 3.63) is 87.7 Å². The maximum atomic E-state index is 13.6. The Hall–Kier alpha value is -3.29. The van der Waals surface area contributed by atoms with Gasteiger partial charge in [-0.05, 0) is 72.2 Å². The summed E-state index contributed by atoms with van der Waals surface area (Å²) in [6.07, 6.45) is 6.15. The number of rotatable bonds is 5. The van der Waals surface area contributed by atoms with Gasteiger partial charge in [-0.25, -0.2) is 4.79 Å². The van der Waals surface area contributed by atoms with Crippen molar-refractivity contribution in [2.24, 2.45) is 0 Å². The molecule has 1 unspecified atom stereocenters. The summed E-state index contributed by atoms with van der Waals surface area (Å²) in [5.41, 5.74) is 4.21. The fourth-order valence-electron chi connectivity index (χ4n) is 5.81. The van der Waals surface area contributed by atoms with Crippen LogP contribution in [-0.4, -0.2) is 48.0 Å². The minimum atomic E-state index is -0.373. The molecule has 1 fully saturated rings. The van der Waals surface area contributed by atoms with Crippen molar-refractivity contribution in [3.8, 4) is 0 Å². The Kier molecular flexibility index (Phi) is 7.74. The van der Waals surface area contributed by atoms with Crippen molar-refractivity contribution >= 4 is 46.5 Å². The predicted molar refractivity (Wildman–Crippen MR) is 157 cm³/mol. The molecule has 3 aromatic rings. The number of fused-ring (bicyclic) bond motifs is 1. The molecule has 1 saturated heterocycles. The van der Waals surface area contributed by atoms with Crippen LogP contribution in [-0.2, 0) is 5.41 Å². The molecule has 9 heteroatoms. The molecule has 0 bridgehead atoms. The summed E-state index contributed by atoms with van der Waals surface area (Å²) < 4.78 is 0. The summed E-state index contributed by atoms with van der Waals surface area (Å²) in [5.74, 6) is -0.00113.